The van der Waals surface area contributed by atoms with Crippen LogP contribution in [0.4, 0.5) is 4.79 Å². The van der Waals surface area contributed by atoms with Crippen LogP contribution in [-0.4, -0.2) is 47.4 Å². The second kappa shape index (κ2) is 7.24. The van der Waals surface area contributed by atoms with E-state index in [0.717, 1.165) is 32.4 Å². The van der Waals surface area contributed by atoms with Gasteiger partial charge in [0.15, 0.2) is 0 Å². The number of carbonyl (C=O) groups is 2. The summed E-state index contributed by atoms with van der Waals surface area (Å²) < 4.78 is 0. The third-order valence-electron chi connectivity index (χ3n) is 5.01. The quantitative estimate of drug-likeness (QED) is 0.922. The summed E-state index contributed by atoms with van der Waals surface area (Å²) in [6, 6.07) is 6.52. The lowest BCUT2D eigenvalue weighted by Crippen LogP contribution is -2.49. The summed E-state index contributed by atoms with van der Waals surface area (Å²) in [5, 5.41) is 3.04. The van der Waals surface area contributed by atoms with Crippen LogP contribution in [0.2, 0.25) is 0 Å². The van der Waals surface area contributed by atoms with Gasteiger partial charge in [0.2, 0.25) is 5.91 Å². The number of hydrogen-bond acceptors (Lipinski definition) is 2. The zero-order valence-electron chi connectivity index (χ0n) is 14.7. The molecule has 1 saturated heterocycles. The molecule has 3 rings (SSSR count). The molecule has 0 aliphatic carbocycles. The third kappa shape index (κ3) is 3.71. The molecule has 1 unspecified atom stereocenters. The van der Waals surface area contributed by atoms with Crippen molar-refractivity contribution in [3.63, 3.8) is 0 Å². The van der Waals surface area contributed by atoms with Crippen LogP contribution in [0.25, 0.3) is 0 Å². The first kappa shape index (κ1) is 16.8. The molecule has 0 spiro atoms. The van der Waals surface area contributed by atoms with Gasteiger partial charge in [0.1, 0.15) is 0 Å². The molecule has 24 heavy (non-hydrogen) atoms. The van der Waals surface area contributed by atoms with Crippen LogP contribution in [0.3, 0.4) is 0 Å². The van der Waals surface area contributed by atoms with Gasteiger partial charge in [0, 0.05) is 38.6 Å². The third-order valence-corrected chi connectivity index (χ3v) is 5.01. The van der Waals surface area contributed by atoms with E-state index >= 15 is 0 Å². The predicted molar refractivity (Wildman–Crippen MR) is 93.7 cm³/mol. The molecule has 1 aromatic carbocycles. The number of nitrogens with one attached hydrogen (secondary N) is 1. The van der Waals surface area contributed by atoms with Crippen LogP contribution in [-0.2, 0) is 24.2 Å². The van der Waals surface area contributed by atoms with E-state index in [-0.39, 0.29) is 18.0 Å². The molecule has 1 N–H and O–H groups in total. The molecule has 1 aromatic rings. The standard InChI is InChI=1S/C19H27N3O2/c1-3-15-6-7-17-13-22(10-8-16(17)11-15)19(24)20-14(2)12-21-9-4-5-18(21)23/h6-7,11,14H,3-5,8-10,12-13H2,1-2H3,(H,20,24). The van der Waals surface area contributed by atoms with Crippen molar-refractivity contribution in [3.05, 3.63) is 34.9 Å². The highest BCUT2D eigenvalue weighted by Crippen LogP contribution is 2.21. The van der Waals surface area contributed by atoms with Gasteiger partial charge in [-0.3, -0.25) is 4.79 Å². The molecule has 5 heteroatoms. The fraction of sp³-hybridized carbons (Fsp3) is 0.579. The van der Waals surface area contributed by atoms with Crippen LogP contribution in [0.5, 0.6) is 0 Å². The van der Waals surface area contributed by atoms with Crippen molar-refractivity contribution < 1.29 is 9.59 Å². The molecule has 0 bridgehead atoms. The van der Waals surface area contributed by atoms with Crippen molar-refractivity contribution in [1.82, 2.24) is 15.1 Å². The van der Waals surface area contributed by atoms with Crippen LogP contribution in [0.15, 0.2) is 18.2 Å². The minimum absolute atomic E-state index is 0.0246. The molecule has 2 aliphatic rings. The Hall–Kier alpha value is -2.04. The molecule has 0 saturated carbocycles. The van der Waals surface area contributed by atoms with Crippen molar-refractivity contribution in [2.45, 2.75) is 52.1 Å². The first-order valence-corrected chi connectivity index (χ1v) is 9.00. The molecule has 5 nitrogen and oxygen atoms in total. The fourth-order valence-electron chi connectivity index (χ4n) is 3.57. The monoisotopic (exact) mass is 329 g/mol. The molecule has 1 fully saturated rings. The van der Waals surface area contributed by atoms with E-state index in [0.29, 0.717) is 19.5 Å². The summed E-state index contributed by atoms with van der Waals surface area (Å²) >= 11 is 0. The van der Waals surface area contributed by atoms with E-state index in [9.17, 15) is 9.59 Å². The molecule has 2 heterocycles. The van der Waals surface area contributed by atoms with E-state index in [1.54, 1.807) is 0 Å². The summed E-state index contributed by atoms with van der Waals surface area (Å²) in [7, 11) is 0. The maximum Gasteiger partial charge on any atom is 0.317 e. The number of likely N-dealkylation sites (tertiary alicyclic amines) is 1. The highest BCUT2D eigenvalue weighted by atomic mass is 16.2. The Kier molecular flexibility index (Phi) is 5.07. The van der Waals surface area contributed by atoms with Crippen LogP contribution in [0.1, 0.15) is 43.4 Å². The average Bonchev–Trinajstić information content (AvgIpc) is 2.98. The van der Waals surface area contributed by atoms with Crippen molar-refractivity contribution in [2.24, 2.45) is 0 Å². The number of urea groups is 1. The number of aryl methyl sites for hydroxylation is 1. The summed E-state index contributed by atoms with van der Waals surface area (Å²) in [4.78, 5) is 27.9. The Bertz CT molecular complexity index is 629. The first-order chi connectivity index (χ1) is 11.6. The normalized spacial score (nSPS) is 18.5. The lowest BCUT2D eigenvalue weighted by atomic mass is 9.97. The highest BCUT2D eigenvalue weighted by Gasteiger charge is 2.25. The van der Waals surface area contributed by atoms with Crippen molar-refractivity contribution >= 4 is 11.9 Å². The summed E-state index contributed by atoms with van der Waals surface area (Å²) in [6.45, 7) is 6.97. The van der Waals surface area contributed by atoms with Gasteiger partial charge in [0.05, 0.1) is 0 Å². The highest BCUT2D eigenvalue weighted by molar-refractivity contribution is 5.78. The molecule has 3 amide bonds. The van der Waals surface area contributed by atoms with Crippen LogP contribution >= 0.6 is 0 Å². The van der Waals surface area contributed by atoms with E-state index in [2.05, 4.69) is 30.4 Å². The summed E-state index contributed by atoms with van der Waals surface area (Å²) in [6.07, 6.45) is 3.53. The smallest absolute Gasteiger partial charge is 0.317 e. The SMILES string of the molecule is CCc1ccc2c(c1)CCN(C(=O)NC(C)CN1CCCC1=O)C2. The topological polar surface area (TPSA) is 52.7 Å². The van der Waals surface area contributed by atoms with Crippen molar-refractivity contribution in [1.29, 1.82) is 0 Å². The molecule has 0 aromatic heterocycles. The lowest BCUT2D eigenvalue weighted by molar-refractivity contribution is -0.127. The minimum atomic E-state index is -0.0284. The lowest BCUT2D eigenvalue weighted by Gasteiger charge is -2.31. The Labute approximate surface area is 144 Å². The number of amides is 3. The van der Waals surface area contributed by atoms with Gasteiger partial charge in [-0.25, -0.2) is 4.79 Å². The van der Waals surface area contributed by atoms with Gasteiger partial charge in [0.25, 0.3) is 0 Å². The maximum atomic E-state index is 12.5. The minimum Gasteiger partial charge on any atom is -0.341 e. The number of carbonyl (C=O) groups excluding carboxylic acids is 2. The summed E-state index contributed by atoms with van der Waals surface area (Å²) in [5.41, 5.74) is 3.97. The molecular weight excluding hydrogens is 302 g/mol. The molecule has 0 radical (unpaired) electrons. The first-order valence-electron chi connectivity index (χ1n) is 9.00. The molecule has 2 aliphatic heterocycles. The number of benzene rings is 1. The zero-order valence-corrected chi connectivity index (χ0v) is 14.7. The van der Waals surface area contributed by atoms with E-state index < -0.39 is 0 Å². The number of hydrogen-bond donors (Lipinski definition) is 1. The van der Waals surface area contributed by atoms with Gasteiger partial charge >= 0.3 is 6.03 Å². The fourth-order valence-corrected chi connectivity index (χ4v) is 3.57. The van der Waals surface area contributed by atoms with E-state index in [4.69, 9.17) is 0 Å². The summed E-state index contributed by atoms with van der Waals surface area (Å²) in [5.74, 6) is 0.203. The largest absolute Gasteiger partial charge is 0.341 e. The predicted octanol–water partition coefficient (Wildman–Crippen LogP) is 2.33. The molecule has 1 atom stereocenters. The number of fused-ring (bicyclic) bond motifs is 1. The van der Waals surface area contributed by atoms with Gasteiger partial charge in [-0.1, -0.05) is 25.1 Å². The van der Waals surface area contributed by atoms with Crippen molar-refractivity contribution in [2.75, 3.05) is 19.6 Å². The van der Waals surface area contributed by atoms with Gasteiger partial charge in [-0.15, -0.1) is 0 Å². The van der Waals surface area contributed by atoms with Gasteiger partial charge in [-0.2, -0.15) is 0 Å². The van der Waals surface area contributed by atoms with Crippen LogP contribution in [0, 0.1) is 0 Å². The zero-order chi connectivity index (χ0) is 17.1. The van der Waals surface area contributed by atoms with Crippen LogP contribution < -0.4 is 5.32 Å². The van der Waals surface area contributed by atoms with E-state index in [1.165, 1.54) is 16.7 Å². The second-order valence-corrected chi connectivity index (χ2v) is 6.92. The molecule has 130 valence electrons. The van der Waals surface area contributed by atoms with Gasteiger partial charge < -0.3 is 15.1 Å². The van der Waals surface area contributed by atoms with Crippen molar-refractivity contribution in [3.8, 4) is 0 Å². The Morgan fingerprint density at radius 3 is 2.79 bits per heavy atom. The Balaban J connectivity index is 1.54. The van der Waals surface area contributed by atoms with E-state index in [1.807, 2.05) is 16.7 Å². The Morgan fingerprint density at radius 1 is 1.25 bits per heavy atom. The van der Waals surface area contributed by atoms with Gasteiger partial charge in [-0.05, 0) is 42.9 Å². The Morgan fingerprint density at radius 2 is 2.08 bits per heavy atom. The maximum absolute atomic E-state index is 12.5. The average molecular weight is 329 g/mol. The second-order valence-electron chi connectivity index (χ2n) is 6.92. The number of rotatable bonds is 4. The number of nitrogens with zero attached hydrogens (tertiary/aromatic N) is 2. The molecular formula is C19H27N3O2.